The molecule has 2 aliphatic rings. The van der Waals surface area contributed by atoms with Gasteiger partial charge in [0.15, 0.2) is 0 Å². The van der Waals surface area contributed by atoms with E-state index in [0.29, 0.717) is 23.7 Å². The van der Waals surface area contributed by atoms with Crippen LogP contribution >= 0.6 is 0 Å². The Hall–Kier alpha value is -2.87. The predicted octanol–water partition coefficient (Wildman–Crippen LogP) is 3.11. The van der Waals surface area contributed by atoms with Crippen LogP contribution in [-0.2, 0) is 16.6 Å². The van der Waals surface area contributed by atoms with Crippen LogP contribution in [0.5, 0.6) is 5.75 Å². The van der Waals surface area contributed by atoms with Gasteiger partial charge in [-0.05, 0) is 37.1 Å². The lowest BCUT2D eigenvalue weighted by Gasteiger charge is -2.29. The van der Waals surface area contributed by atoms with Crippen molar-refractivity contribution in [2.24, 2.45) is 4.40 Å². The number of rotatable bonds is 4. The van der Waals surface area contributed by atoms with Gasteiger partial charge in [-0.3, -0.25) is 4.79 Å². The van der Waals surface area contributed by atoms with E-state index in [2.05, 4.69) is 9.71 Å². The zero-order valence-electron chi connectivity index (χ0n) is 16.2. The van der Waals surface area contributed by atoms with Crippen molar-refractivity contribution in [1.82, 2.24) is 5.32 Å². The van der Waals surface area contributed by atoms with Crippen molar-refractivity contribution in [1.29, 1.82) is 0 Å². The minimum Gasteiger partial charge on any atom is -0.496 e. The highest BCUT2D eigenvalue weighted by molar-refractivity contribution is 7.90. The Bertz CT molecular complexity index is 1080. The molecule has 1 saturated heterocycles. The van der Waals surface area contributed by atoms with Gasteiger partial charge in [0.25, 0.3) is 15.9 Å². The molecule has 2 aromatic carbocycles. The molecule has 2 heterocycles. The molecule has 152 valence electrons. The van der Waals surface area contributed by atoms with E-state index in [1.165, 1.54) is 6.07 Å². The Morgan fingerprint density at radius 1 is 1.17 bits per heavy atom. The minimum atomic E-state index is -3.82. The number of amides is 1. The molecule has 0 saturated carbocycles. The van der Waals surface area contributed by atoms with E-state index in [9.17, 15) is 13.2 Å². The summed E-state index contributed by atoms with van der Waals surface area (Å²) in [6, 6.07) is 12.2. The first kappa shape index (κ1) is 19.4. The topological polar surface area (TPSA) is 88.1 Å². The lowest BCUT2D eigenvalue weighted by molar-refractivity contribution is 0.0950. The second kappa shape index (κ2) is 7.87. The van der Waals surface area contributed by atoms with Crippen molar-refractivity contribution >= 4 is 27.5 Å². The van der Waals surface area contributed by atoms with Gasteiger partial charge < -0.3 is 15.0 Å². The normalized spacial score (nSPS) is 17.4. The number of para-hydroxylation sites is 1. The molecule has 0 unspecified atom stereocenters. The van der Waals surface area contributed by atoms with Gasteiger partial charge >= 0.3 is 0 Å². The average molecular weight is 413 g/mol. The molecule has 29 heavy (non-hydrogen) atoms. The van der Waals surface area contributed by atoms with Crippen LogP contribution in [0, 0.1) is 0 Å². The summed E-state index contributed by atoms with van der Waals surface area (Å²) >= 11 is 0. The van der Waals surface area contributed by atoms with Crippen LogP contribution in [0.1, 0.15) is 41.6 Å². The average Bonchev–Trinajstić information content (AvgIpc) is 2.96. The number of amidine groups is 1. The summed E-state index contributed by atoms with van der Waals surface area (Å²) in [6.07, 6.45) is 3.62. The number of carbonyl (C=O) groups is 1. The van der Waals surface area contributed by atoms with Gasteiger partial charge in [-0.2, -0.15) is 8.42 Å². The maximum absolute atomic E-state index is 12.7. The number of nitrogens with one attached hydrogen (secondary N) is 1. The van der Waals surface area contributed by atoms with Gasteiger partial charge in [0, 0.05) is 30.6 Å². The number of hydrogen-bond donors (Lipinski definition) is 1. The summed E-state index contributed by atoms with van der Waals surface area (Å²) in [4.78, 5) is 14.7. The number of anilines is 1. The molecule has 0 aliphatic carbocycles. The van der Waals surface area contributed by atoms with E-state index in [0.717, 1.165) is 31.4 Å². The first-order valence-electron chi connectivity index (χ1n) is 9.65. The van der Waals surface area contributed by atoms with E-state index >= 15 is 0 Å². The number of benzene rings is 2. The summed E-state index contributed by atoms with van der Waals surface area (Å²) in [6.45, 7) is 1.02. The molecule has 0 bridgehead atoms. The maximum Gasteiger partial charge on any atom is 0.286 e. The van der Waals surface area contributed by atoms with Crippen molar-refractivity contribution in [2.75, 3.05) is 18.6 Å². The van der Waals surface area contributed by atoms with Gasteiger partial charge in [0.05, 0.1) is 12.8 Å². The quantitative estimate of drug-likeness (QED) is 0.832. The number of hydrogen-bond acceptors (Lipinski definition) is 5. The Morgan fingerprint density at radius 3 is 2.83 bits per heavy atom. The van der Waals surface area contributed by atoms with Crippen molar-refractivity contribution in [2.45, 2.75) is 37.1 Å². The van der Waals surface area contributed by atoms with Gasteiger partial charge in [0.1, 0.15) is 16.5 Å². The molecule has 1 fully saturated rings. The molecule has 2 aliphatic heterocycles. The summed E-state index contributed by atoms with van der Waals surface area (Å²) in [5.74, 6) is 0.937. The zero-order valence-corrected chi connectivity index (χ0v) is 17.0. The number of fused-ring (bicyclic) bond motifs is 3. The molecular formula is C21H23N3O4S. The van der Waals surface area contributed by atoms with Crippen LogP contribution in [0.2, 0.25) is 0 Å². The van der Waals surface area contributed by atoms with Crippen LogP contribution < -0.4 is 15.0 Å². The number of sulfonamides is 1. The number of ether oxygens (including phenoxy) is 1. The highest BCUT2D eigenvalue weighted by Crippen LogP contribution is 2.35. The SMILES string of the molecule is COc1ccccc1CNC(=O)c1ccc2c(c1)S(=O)(=O)N=C1CCCCCN12. The summed E-state index contributed by atoms with van der Waals surface area (Å²) < 4.78 is 34.7. The van der Waals surface area contributed by atoms with Crippen LogP contribution in [0.3, 0.4) is 0 Å². The highest BCUT2D eigenvalue weighted by atomic mass is 32.2. The Balaban J connectivity index is 1.59. The zero-order chi connectivity index (χ0) is 20.4. The summed E-state index contributed by atoms with van der Waals surface area (Å²) in [5, 5.41) is 2.83. The van der Waals surface area contributed by atoms with Gasteiger partial charge in [-0.25, -0.2) is 0 Å². The van der Waals surface area contributed by atoms with Crippen LogP contribution in [0.15, 0.2) is 51.8 Å². The van der Waals surface area contributed by atoms with E-state index in [1.807, 2.05) is 29.2 Å². The molecule has 2 aromatic rings. The molecule has 0 spiro atoms. The molecule has 1 amide bonds. The Morgan fingerprint density at radius 2 is 2.00 bits per heavy atom. The Labute approximate surface area is 170 Å². The third-order valence-corrected chi connectivity index (χ3v) is 6.58. The van der Waals surface area contributed by atoms with E-state index in [4.69, 9.17) is 4.74 Å². The van der Waals surface area contributed by atoms with Gasteiger partial charge in [-0.15, -0.1) is 4.40 Å². The Kier molecular flexibility index (Phi) is 5.27. The highest BCUT2D eigenvalue weighted by Gasteiger charge is 2.32. The van der Waals surface area contributed by atoms with Crippen molar-refractivity contribution in [3.05, 3.63) is 53.6 Å². The third-order valence-electron chi connectivity index (χ3n) is 5.24. The molecule has 8 heteroatoms. The number of nitrogens with zero attached hydrogens (tertiary/aromatic N) is 2. The predicted molar refractivity (Wildman–Crippen MR) is 111 cm³/mol. The maximum atomic E-state index is 12.7. The molecule has 1 N–H and O–H groups in total. The van der Waals surface area contributed by atoms with Gasteiger partial charge in [-0.1, -0.05) is 24.6 Å². The van der Waals surface area contributed by atoms with Crippen LogP contribution in [0.4, 0.5) is 5.69 Å². The fourth-order valence-corrected chi connectivity index (χ4v) is 5.03. The number of carbonyl (C=O) groups excluding carboxylic acids is 1. The first-order valence-corrected chi connectivity index (χ1v) is 11.1. The van der Waals surface area contributed by atoms with E-state index in [-0.39, 0.29) is 22.9 Å². The lowest BCUT2D eigenvalue weighted by Crippen LogP contribution is -2.35. The molecule has 4 rings (SSSR count). The fourth-order valence-electron chi connectivity index (χ4n) is 3.75. The number of methoxy groups -OCH3 is 1. The standard InChI is InChI=1S/C21H23N3O4S/c1-28-18-8-5-4-7-16(18)14-22-21(25)15-10-11-17-19(13-15)29(26,27)23-20-9-3-2-6-12-24(17)20/h4-5,7-8,10-11,13H,2-3,6,9,12,14H2,1H3,(H,22,25). The molecular weight excluding hydrogens is 390 g/mol. The molecule has 0 aromatic heterocycles. The molecule has 0 radical (unpaired) electrons. The largest absolute Gasteiger partial charge is 0.496 e. The third kappa shape index (κ3) is 3.85. The smallest absolute Gasteiger partial charge is 0.286 e. The summed E-state index contributed by atoms with van der Waals surface area (Å²) in [7, 11) is -2.24. The van der Waals surface area contributed by atoms with E-state index in [1.54, 1.807) is 19.2 Å². The second-order valence-electron chi connectivity index (χ2n) is 7.12. The first-order chi connectivity index (χ1) is 14.0. The summed E-state index contributed by atoms with van der Waals surface area (Å²) in [5.41, 5.74) is 1.74. The van der Waals surface area contributed by atoms with Crippen molar-refractivity contribution < 1.29 is 17.9 Å². The monoisotopic (exact) mass is 413 g/mol. The second-order valence-corrected chi connectivity index (χ2v) is 8.69. The van der Waals surface area contributed by atoms with Crippen molar-refractivity contribution in [3.63, 3.8) is 0 Å². The van der Waals surface area contributed by atoms with Crippen LogP contribution in [-0.4, -0.2) is 33.8 Å². The minimum absolute atomic E-state index is 0.0908. The fraction of sp³-hybridized carbons (Fsp3) is 0.333. The van der Waals surface area contributed by atoms with Crippen molar-refractivity contribution in [3.8, 4) is 5.75 Å². The lowest BCUT2D eigenvalue weighted by atomic mass is 10.1. The van der Waals surface area contributed by atoms with Crippen LogP contribution in [0.25, 0.3) is 0 Å². The van der Waals surface area contributed by atoms with Gasteiger partial charge in [0.2, 0.25) is 0 Å². The van der Waals surface area contributed by atoms with E-state index < -0.39 is 10.0 Å². The molecule has 0 atom stereocenters. The molecule has 7 nitrogen and oxygen atoms in total.